The molecule has 1 N–H and O–H groups in total. The molecule has 1 aromatic rings. The van der Waals surface area contributed by atoms with Gasteiger partial charge in [-0.25, -0.2) is 8.42 Å². The monoisotopic (exact) mass is 341 g/mol. The molecular formula is C11H10Cl3NO3S. The van der Waals surface area contributed by atoms with E-state index in [1.54, 1.807) is 0 Å². The van der Waals surface area contributed by atoms with Gasteiger partial charge in [-0.2, -0.15) is 0 Å². The lowest BCUT2D eigenvalue weighted by Crippen LogP contribution is -2.24. The molecule has 0 saturated heterocycles. The van der Waals surface area contributed by atoms with Crippen LogP contribution in [0.4, 0.5) is 5.69 Å². The minimum Gasteiger partial charge on any atom is -0.323 e. The summed E-state index contributed by atoms with van der Waals surface area (Å²) in [5.41, 5.74) is 0.131. The van der Waals surface area contributed by atoms with E-state index in [1.165, 1.54) is 18.2 Å². The van der Waals surface area contributed by atoms with E-state index in [0.29, 0.717) is 5.02 Å². The molecule has 1 rings (SSSR count). The first kappa shape index (κ1) is 16.3. The predicted octanol–water partition coefficient (Wildman–Crippen LogP) is 3.19. The fourth-order valence-corrected chi connectivity index (χ4v) is 3.14. The van der Waals surface area contributed by atoms with Crippen LogP contribution < -0.4 is 5.32 Å². The molecule has 0 heterocycles. The van der Waals surface area contributed by atoms with Crippen molar-refractivity contribution in [1.82, 2.24) is 0 Å². The maximum absolute atomic E-state index is 11.6. The Kier molecular flexibility index (Phi) is 5.67. The van der Waals surface area contributed by atoms with Crippen LogP contribution >= 0.6 is 34.8 Å². The molecule has 104 valence electrons. The minimum atomic E-state index is -3.53. The fraction of sp³-hybridized carbons (Fsp3) is 0.182. The molecule has 0 radical (unpaired) electrons. The third-order valence-corrected chi connectivity index (χ3v) is 4.25. The van der Waals surface area contributed by atoms with E-state index >= 15 is 0 Å². The van der Waals surface area contributed by atoms with Gasteiger partial charge >= 0.3 is 0 Å². The van der Waals surface area contributed by atoms with Crippen molar-refractivity contribution in [3.05, 3.63) is 39.9 Å². The summed E-state index contributed by atoms with van der Waals surface area (Å²) >= 11 is 17.4. The molecular weight excluding hydrogens is 333 g/mol. The number of carbonyl (C=O) groups excluding carboxylic acids is 1. The van der Waals surface area contributed by atoms with Gasteiger partial charge in [0.25, 0.3) is 0 Å². The molecule has 0 aromatic heterocycles. The Labute approximate surface area is 126 Å². The second-order valence-electron chi connectivity index (χ2n) is 3.64. The zero-order valence-electron chi connectivity index (χ0n) is 9.62. The second-order valence-corrected chi connectivity index (χ2v) is 7.00. The Hall–Kier alpha value is -0.750. The van der Waals surface area contributed by atoms with Gasteiger partial charge < -0.3 is 5.32 Å². The number of nitrogens with one attached hydrogen (secondary N) is 1. The lowest BCUT2D eigenvalue weighted by molar-refractivity contribution is -0.113. The lowest BCUT2D eigenvalue weighted by atomic mass is 10.3. The molecule has 1 aromatic carbocycles. The van der Waals surface area contributed by atoms with Crippen LogP contribution in [0.15, 0.2) is 24.8 Å². The number of hydrogen-bond donors (Lipinski definition) is 1. The lowest BCUT2D eigenvalue weighted by Gasteiger charge is -2.09. The summed E-state index contributed by atoms with van der Waals surface area (Å²) in [7, 11) is -3.53. The van der Waals surface area contributed by atoms with Crippen LogP contribution in [-0.2, 0) is 14.6 Å². The molecule has 0 aliphatic rings. The summed E-state index contributed by atoms with van der Waals surface area (Å²) in [6.45, 7) is 3.31. The van der Waals surface area contributed by atoms with Gasteiger partial charge in [0, 0.05) is 5.02 Å². The number of halogens is 3. The summed E-state index contributed by atoms with van der Waals surface area (Å²) in [5.74, 6) is -1.68. The molecule has 0 saturated carbocycles. The Morgan fingerprint density at radius 1 is 1.26 bits per heavy atom. The van der Waals surface area contributed by atoms with Gasteiger partial charge in [-0.15, -0.1) is 6.58 Å². The van der Waals surface area contributed by atoms with Crippen molar-refractivity contribution in [2.75, 3.05) is 16.8 Å². The first-order valence-corrected chi connectivity index (χ1v) is 7.96. The maximum Gasteiger partial charge on any atom is 0.239 e. The SMILES string of the molecule is C=CCS(=O)(=O)CC(=O)Nc1c(Cl)cc(Cl)cc1Cl. The highest BCUT2D eigenvalue weighted by Crippen LogP contribution is 2.33. The fourth-order valence-electron chi connectivity index (χ4n) is 1.28. The molecule has 0 aliphatic carbocycles. The van der Waals surface area contributed by atoms with E-state index in [4.69, 9.17) is 34.8 Å². The van der Waals surface area contributed by atoms with Crippen LogP contribution in [0.25, 0.3) is 0 Å². The molecule has 4 nitrogen and oxygen atoms in total. The third kappa shape index (κ3) is 5.03. The number of sulfone groups is 1. The van der Waals surface area contributed by atoms with Crippen molar-refractivity contribution in [2.45, 2.75) is 0 Å². The Morgan fingerprint density at radius 3 is 2.26 bits per heavy atom. The summed E-state index contributed by atoms with van der Waals surface area (Å²) in [6.07, 6.45) is 1.21. The number of benzene rings is 1. The van der Waals surface area contributed by atoms with Crippen molar-refractivity contribution >= 4 is 56.2 Å². The Bertz CT molecular complexity index is 591. The van der Waals surface area contributed by atoms with Gasteiger partial charge in [0.05, 0.1) is 21.5 Å². The molecule has 0 spiro atoms. The van der Waals surface area contributed by atoms with E-state index in [9.17, 15) is 13.2 Å². The predicted molar refractivity (Wildman–Crippen MR) is 79.0 cm³/mol. The first-order chi connectivity index (χ1) is 8.75. The van der Waals surface area contributed by atoms with E-state index in [1.807, 2.05) is 0 Å². The molecule has 0 bridgehead atoms. The highest BCUT2D eigenvalue weighted by molar-refractivity contribution is 7.92. The average Bonchev–Trinajstić information content (AvgIpc) is 2.22. The van der Waals surface area contributed by atoms with Gasteiger partial charge in [0.1, 0.15) is 5.75 Å². The molecule has 0 aliphatic heterocycles. The molecule has 0 unspecified atom stereocenters. The molecule has 8 heteroatoms. The molecule has 0 fully saturated rings. The van der Waals surface area contributed by atoms with Gasteiger partial charge in [0.2, 0.25) is 5.91 Å². The largest absolute Gasteiger partial charge is 0.323 e. The van der Waals surface area contributed by atoms with Crippen LogP contribution in [0, 0.1) is 0 Å². The van der Waals surface area contributed by atoms with Gasteiger partial charge in [0.15, 0.2) is 9.84 Å². The standard InChI is InChI=1S/C11H10Cl3NO3S/c1-2-3-19(17,18)6-10(16)15-11-8(13)4-7(12)5-9(11)14/h2,4-5H,1,3,6H2,(H,15,16). The van der Waals surface area contributed by atoms with Gasteiger partial charge in [-0.05, 0) is 12.1 Å². The van der Waals surface area contributed by atoms with Gasteiger partial charge in [-0.3, -0.25) is 4.79 Å². The van der Waals surface area contributed by atoms with E-state index in [-0.39, 0.29) is 21.5 Å². The molecule has 19 heavy (non-hydrogen) atoms. The number of anilines is 1. The highest BCUT2D eigenvalue weighted by Gasteiger charge is 2.17. The van der Waals surface area contributed by atoms with Crippen LogP contribution in [-0.4, -0.2) is 25.8 Å². The first-order valence-electron chi connectivity index (χ1n) is 5.01. The van der Waals surface area contributed by atoms with E-state index in [2.05, 4.69) is 11.9 Å². The second kappa shape index (κ2) is 6.61. The highest BCUT2D eigenvalue weighted by atomic mass is 35.5. The van der Waals surface area contributed by atoms with Crippen LogP contribution in [0.3, 0.4) is 0 Å². The maximum atomic E-state index is 11.6. The van der Waals surface area contributed by atoms with Crippen LogP contribution in [0.5, 0.6) is 0 Å². The zero-order chi connectivity index (χ0) is 14.6. The Morgan fingerprint density at radius 2 is 1.79 bits per heavy atom. The van der Waals surface area contributed by atoms with E-state index in [0.717, 1.165) is 0 Å². The van der Waals surface area contributed by atoms with Crippen molar-refractivity contribution in [1.29, 1.82) is 0 Å². The summed E-state index contributed by atoms with van der Waals surface area (Å²) < 4.78 is 22.9. The van der Waals surface area contributed by atoms with Crippen LogP contribution in [0.1, 0.15) is 0 Å². The number of carbonyl (C=O) groups is 1. The smallest absolute Gasteiger partial charge is 0.239 e. The zero-order valence-corrected chi connectivity index (χ0v) is 12.7. The van der Waals surface area contributed by atoms with Crippen molar-refractivity contribution < 1.29 is 13.2 Å². The average molecular weight is 343 g/mol. The number of hydrogen-bond acceptors (Lipinski definition) is 3. The molecule has 1 amide bonds. The Balaban J connectivity index is 2.87. The third-order valence-electron chi connectivity index (χ3n) is 1.99. The number of amides is 1. The topological polar surface area (TPSA) is 63.2 Å². The normalized spacial score (nSPS) is 11.1. The minimum absolute atomic E-state index is 0.131. The van der Waals surface area contributed by atoms with E-state index < -0.39 is 21.5 Å². The molecule has 0 atom stereocenters. The van der Waals surface area contributed by atoms with Crippen molar-refractivity contribution in [2.24, 2.45) is 0 Å². The summed E-state index contributed by atoms with van der Waals surface area (Å²) in [5, 5.41) is 2.92. The number of rotatable bonds is 5. The summed E-state index contributed by atoms with van der Waals surface area (Å²) in [4.78, 5) is 11.6. The summed E-state index contributed by atoms with van der Waals surface area (Å²) in [6, 6.07) is 2.78. The van der Waals surface area contributed by atoms with Crippen molar-refractivity contribution in [3.8, 4) is 0 Å². The van der Waals surface area contributed by atoms with Crippen molar-refractivity contribution in [3.63, 3.8) is 0 Å². The van der Waals surface area contributed by atoms with Crippen LogP contribution in [0.2, 0.25) is 15.1 Å². The quantitative estimate of drug-likeness (QED) is 0.836. The van der Waals surface area contributed by atoms with Gasteiger partial charge in [-0.1, -0.05) is 40.9 Å².